The first-order valence-corrected chi connectivity index (χ1v) is 20.3. The number of nitrogens with one attached hydrogen (secondary N) is 1. The van der Waals surface area contributed by atoms with Gasteiger partial charge in [-0.05, 0) is 32.6 Å². The number of nitrogens with zero attached hydrogens (tertiary/aromatic N) is 1. The Labute approximate surface area is 272 Å². The van der Waals surface area contributed by atoms with Crippen molar-refractivity contribution in [2.75, 3.05) is 0 Å². The first kappa shape index (κ1) is 40.2. The Bertz CT molecular complexity index is 664. The maximum Gasteiger partial charge on any atom is 0.257 e. The minimum atomic E-state index is 0.620. The van der Waals surface area contributed by atoms with Crippen LogP contribution in [0.3, 0.4) is 0 Å². The van der Waals surface area contributed by atoms with E-state index in [1.807, 2.05) is 0 Å². The lowest BCUT2D eigenvalue weighted by Gasteiger charge is -2.17. The molecule has 0 saturated heterocycles. The Morgan fingerprint density at radius 3 is 1.09 bits per heavy atom. The molecule has 1 aromatic rings. The van der Waals surface area contributed by atoms with Gasteiger partial charge in [-0.15, -0.1) is 0 Å². The highest BCUT2D eigenvalue weighted by Gasteiger charge is 2.25. The Morgan fingerprint density at radius 1 is 0.442 bits per heavy atom. The predicted molar refractivity (Wildman–Crippen MR) is 193 cm³/mol. The molecule has 254 valence electrons. The molecule has 0 radical (unpaired) electrons. The van der Waals surface area contributed by atoms with Crippen molar-refractivity contribution in [1.29, 1.82) is 0 Å². The predicted octanol–water partition coefficient (Wildman–Crippen LogP) is 14.5. The summed E-state index contributed by atoms with van der Waals surface area (Å²) < 4.78 is 2.64. The van der Waals surface area contributed by atoms with Crippen LogP contribution in [-0.4, -0.2) is 4.98 Å². The number of H-pyrrole nitrogens is 1. The van der Waals surface area contributed by atoms with Crippen molar-refractivity contribution in [3.8, 4) is 0 Å². The summed E-state index contributed by atoms with van der Waals surface area (Å²) in [7, 11) is 0. The standard InChI is InChI=1S/C41H80N2/c1-5-8-11-14-17-19-20-21-22-23-25-27-30-33-36-40(35-32-29-16-13-10-7-3)41-42-37-38-43(41)39(4)34-31-28-26-24-18-15-12-9-6-2/h37-40H,5-36H2,1-4H3/p+1. The van der Waals surface area contributed by atoms with Gasteiger partial charge in [-0.2, -0.15) is 0 Å². The molecule has 2 nitrogen and oxygen atoms in total. The van der Waals surface area contributed by atoms with E-state index in [2.05, 4.69) is 49.6 Å². The molecule has 1 aromatic heterocycles. The fourth-order valence-electron chi connectivity index (χ4n) is 7.13. The first-order valence-electron chi connectivity index (χ1n) is 20.3. The first-order chi connectivity index (χ1) is 21.2. The van der Waals surface area contributed by atoms with E-state index in [-0.39, 0.29) is 0 Å². The number of hydrogen-bond donors (Lipinski definition) is 1. The van der Waals surface area contributed by atoms with Crippen LogP contribution in [0.4, 0.5) is 0 Å². The van der Waals surface area contributed by atoms with Crippen LogP contribution in [0.5, 0.6) is 0 Å². The summed E-state index contributed by atoms with van der Waals surface area (Å²) in [6.07, 6.45) is 50.2. The van der Waals surface area contributed by atoms with Gasteiger partial charge >= 0.3 is 0 Å². The molecule has 0 amide bonds. The van der Waals surface area contributed by atoms with E-state index in [4.69, 9.17) is 0 Å². The molecule has 43 heavy (non-hydrogen) atoms. The molecule has 1 rings (SSSR count). The number of imidazole rings is 1. The highest BCUT2D eigenvalue weighted by atomic mass is 15.1. The highest BCUT2D eigenvalue weighted by molar-refractivity contribution is 4.90. The van der Waals surface area contributed by atoms with Crippen LogP contribution in [0.2, 0.25) is 0 Å². The van der Waals surface area contributed by atoms with Crippen molar-refractivity contribution in [2.45, 2.75) is 245 Å². The molecule has 0 bridgehead atoms. The zero-order valence-electron chi connectivity index (χ0n) is 30.4. The van der Waals surface area contributed by atoms with E-state index < -0.39 is 0 Å². The maximum absolute atomic E-state index is 3.75. The third-order valence-corrected chi connectivity index (χ3v) is 10.1. The van der Waals surface area contributed by atoms with Crippen LogP contribution in [-0.2, 0) is 0 Å². The summed E-state index contributed by atoms with van der Waals surface area (Å²) in [6, 6.07) is 0.620. The van der Waals surface area contributed by atoms with Crippen LogP contribution in [0.15, 0.2) is 12.4 Å². The van der Waals surface area contributed by atoms with Gasteiger partial charge in [-0.25, -0.2) is 9.55 Å². The summed E-state index contributed by atoms with van der Waals surface area (Å²) in [5.74, 6) is 2.25. The quantitative estimate of drug-likeness (QED) is 0.0599. The molecule has 0 aliphatic carbocycles. The third kappa shape index (κ3) is 23.2. The second-order valence-corrected chi connectivity index (χ2v) is 14.4. The number of aromatic amines is 1. The lowest BCUT2D eigenvalue weighted by Crippen LogP contribution is -2.41. The molecule has 0 fully saturated rings. The van der Waals surface area contributed by atoms with Crippen molar-refractivity contribution in [2.24, 2.45) is 0 Å². The van der Waals surface area contributed by atoms with E-state index in [0.29, 0.717) is 12.0 Å². The summed E-state index contributed by atoms with van der Waals surface area (Å²) in [6.45, 7) is 9.42. The normalized spacial score (nSPS) is 13.1. The van der Waals surface area contributed by atoms with E-state index >= 15 is 0 Å². The SMILES string of the molecule is CCCCCCCCCCCCCCCCC(CCCCCCCC)c1[nH]cc[n+]1C(C)CCCCCCCCCCC. The van der Waals surface area contributed by atoms with Gasteiger partial charge < -0.3 is 0 Å². The van der Waals surface area contributed by atoms with E-state index in [1.54, 1.807) is 0 Å². The van der Waals surface area contributed by atoms with Crippen LogP contribution >= 0.6 is 0 Å². The van der Waals surface area contributed by atoms with Crippen molar-refractivity contribution in [1.82, 2.24) is 4.98 Å². The third-order valence-electron chi connectivity index (χ3n) is 10.1. The van der Waals surface area contributed by atoms with Crippen LogP contribution in [0.25, 0.3) is 0 Å². The lowest BCUT2D eigenvalue weighted by atomic mass is 9.92. The summed E-state index contributed by atoms with van der Waals surface area (Å²) in [4.78, 5) is 3.75. The Balaban J connectivity index is 2.35. The highest BCUT2D eigenvalue weighted by Crippen LogP contribution is 2.27. The summed E-state index contributed by atoms with van der Waals surface area (Å²) >= 11 is 0. The fraction of sp³-hybridized carbons (Fsp3) is 0.927. The monoisotopic (exact) mass is 602 g/mol. The molecule has 0 saturated carbocycles. The molecule has 0 aliphatic rings. The number of hydrogen-bond acceptors (Lipinski definition) is 0. The zero-order chi connectivity index (χ0) is 31.1. The lowest BCUT2D eigenvalue weighted by molar-refractivity contribution is -0.727. The minimum Gasteiger partial charge on any atom is -0.247 e. The number of aromatic nitrogens is 2. The summed E-state index contributed by atoms with van der Waals surface area (Å²) in [5, 5.41) is 0. The van der Waals surface area contributed by atoms with Gasteiger partial charge in [0.1, 0.15) is 12.4 Å². The van der Waals surface area contributed by atoms with E-state index in [1.165, 1.54) is 211 Å². The van der Waals surface area contributed by atoms with Crippen molar-refractivity contribution < 1.29 is 4.57 Å². The molecule has 0 aliphatic heterocycles. The molecule has 2 atom stereocenters. The fourth-order valence-corrected chi connectivity index (χ4v) is 7.13. The Morgan fingerprint density at radius 2 is 0.744 bits per heavy atom. The molecule has 2 unspecified atom stereocenters. The molecule has 1 N–H and O–H groups in total. The van der Waals surface area contributed by atoms with Crippen LogP contribution < -0.4 is 4.57 Å². The Kier molecular flexibility index (Phi) is 29.2. The average molecular weight is 602 g/mol. The maximum atomic E-state index is 3.75. The van der Waals surface area contributed by atoms with Gasteiger partial charge in [-0.1, -0.05) is 201 Å². The molecule has 1 heterocycles. The number of unbranched alkanes of at least 4 members (excludes halogenated alkanes) is 26. The average Bonchev–Trinajstić information content (AvgIpc) is 3.51. The zero-order valence-corrected chi connectivity index (χ0v) is 30.4. The largest absolute Gasteiger partial charge is 0.257 e. The minimum absolute atomic E-state index is 0.620. The van der Waals surface area contributed by atoms with Crippen molar-refractivity contribution in [3.05, 3.63) is 18.2 Å². The molecular formula is C41H81N2+. The molecule has 0 aromatic carbocycles. The van der Waals surface area contributed by atoms with Gasteiger partial charge in [0.25, 0.3) is 5.82 Å². The van der Waals surface area contributed by atoms with E-state index in [0.717, 1.165) is 0 Å². The molecular weight excluding hydrogens is 520 g/mol. The second kappa shape index (κ2) is 31.2. The second-order valence-electron chi connectivity index (χ2n) is 14.4. The van der Waals surface area contributed by atoms with Gasteiger partial charge in [0.2, 0.25) is 0 Å². The smallest absolute Gasteiger partial charge is 0.247 e. The van der Waals surface area contributed by atoms with Gasteiger partial charge in [0.15, 0.2) is 0 Å². The van der Waals surface area contributed by atoms with Crippen molar-refractivity contribution >= 4 is 0 Å². The van der Waals surface area contributed by atoms with Crippen LogP contribution in [0.1, 0.15) is 251 Å². The Hall–Kier alpha value is -0.790. The molecule has 0 spiro atoms. The van der Waals surface area contributed by atoms with Crippen LogP contribution in [0, 0.1) is 0 Å². The van der Waals surface area contributed by atoms with Crippen molar-refractivity contribution in [3.63, 3.8) is 0 Å². The van der Waals surface area contributed by atoms with Gasteiger partial charge in [0, 0.05) is 0 Å². The molecule has 2 heteroatoms. The summed E-state index contributed by atoms with van der Waals surface area (Å²) in [5.41, 5.74) is 0. The topological polar surface area (TPSA) is 19.7 Å². The van der Waals surface area contributed by atoms with Gasteiger partial charge in [0.05, 0.1) is 12.0 Å². The number of rotatable bonds is 34. The van der Waals surface area contributed by atoms with Gasteiger partial charge in [-0.3, -0.25) is 0 Å². The van der Waals surface area contributed by atoms with E-state index in [9.17, 15) is 0 Å².